The number of benzene rings is 1. The zero-order valence-electron chi connectivity index (χ0n) is 11.4. The second-order valence-corrected chi connectivity index (χ2v) is 7.13. The van der Waals surface area contributed by atoms with E-state index < -0.39 is 9.84 Å². The van der Waals surface area contributed by atoms with Crippen LogP contribution in [0.25, 0.3) is 0 Å². The van der Waals surface area contributed by atoms with Gasteiger partial charge in [-0.25, -0.2) is 8.42 Å². The van der Waals surface area contributed by atoms with Gasteiger partial charge in [0, 0.05) is 0 Å². The Labute approximate surface area is 111 Å². The third-order valence-corrected chi connectivity index (χ3v) is 4.58. The maximum absolute atomic E-state index is 12.0. The highest BCUT2D eigenvalue weighted by Gasteiger charge is 2.13. The van der Waals surface area contributed by atoms with Gasteiger partial charge in [0.1, 0.15) is 0 Å². The number of hydrogen-bond donors (Lipinski definition) is 1. The molecule has 0 spiro atoms. The van der Waals surface area contributed by atoms with E-state index in [9.17, 15) is 8.42 Å². The highest BCUT2D eigenvalue weighted by atomic mass is 32.2. The molecule has 1 rings (SSSR count). The largest absolute Gasteiger partial charge is 0.320 e. The van der Waals surface area contributed by atoms with E-state index in [0.29, 0.717) is 17.2 Å². The molecule has 1 aromatic rings. The van der Waals surface area contributed by atoms with Gasteiger partial charge in [-0.05, 0) is 50.0 Å². The van der Waals surface area contributed by atoms with Crippen LogP contribution in [-0.2, 0) is 16.3 Å². The second-order valence-electron chi connectivity index (χ2n) is 5.02. The normalized spacial score (nSPS) is 12.0. The Morgan fingerprint density at radius 1 is 1.17 bits per heavy atom. The van der Waals surface area contributed by atoms with Crippen LogP contribution in [0.1, 0.15) is 25.8 Å². The summed E-state index contributed by atoms with van der Waals surface area (Å²) in [5.41, 5.74) is 1.19. The standard InChI is InChI=1S/C14H23NO2S/c1-12(2)11-13-5-7-14(8-6-13)18(16,17)10-4-9-15-3/h5-8,12,15H,4,9-11H2,1-3H3. The van der Waals surface area contributed by atoms with Gasteiger partial charge in [0.05, 0.1) is 10.6 Å². The summed E-state index contributed by atoms with van der Waals surface area (Å²) in [4.78, 5) is 0.436. The molecule has 0 aliphatic carbocycles. The van der Waals surface area contributed by atoms with Crippen molar-refractivity contribution in [1.29, 1.82) is 0 Å². The average Bonchev–Trinajstić information content (AvgIpc) is 2.29. The first-order valence-electron chi connectivity index (χ1n) is 6.42. The third-order valence-electron chi connectivity index (χ3n) is 2.77. The number of hydrogen-bond acceptors (Lipinski definition) is 3. The zero-order chi connectivity index (χ0) is 13.6. The Balaban J connectivity index is 2.71. The fraction of sp³-hybridized carbons (Fsp3) is 0.571. The Morgan fingerprint density at radius 2 is 1.78 bits per heavy atom. The number of rotatable bonds is 7. The molecule has 0 aliphatic heterocycles. The van der Waals surface area contributed by atoms with Gasteiger partial charge >= 0.3 is 0 Å². The minimum absolute atomic E-state index is 0.206. The SMILES string of the molecule is CNCCCS(=O)(=O)c1ccc(CC(C)C)cc1. The summed E-state index contributed by atoms with van der Waals surface area (Å²) in [6.07, 6.45) is 1.63. The molecule has 0 aliphatic rings. The van der Waals surface area contributed by atoms with Crippen LogP contribution in [-0.4, -0.2) is 27.8 Å². The molecule has 18 heavy (non-hydrogen) atoms. The highest BCUT2D eigenvalue weighted by molar-refractivity contribution is 7.91. The van der Waals surface area contributed by atoms with Crippen LogP contribution in [0.3, 0.4) is 0 Å². The van der Waals surface area contributed by atoms with E-state index in [1.165, 1.54) is 5.56 Å². The van der Waals surface area contributed by atoms with E-state index in [1.807, 2.05) is 19.2 Å². The van der Waals surface area contributed by atoms with Crippen molar-refractivity contribution in [2.45, 2.75) is 31.6 Å². The molecule has 0 saturated heterocycles. The predicted octanol–water partition coefficient (Wildman–Crippen LogP) is 2.27. The Kier molecular flexibility index (Phi) is 5.82. The lowest BCUT2D eigenvalue weighted by molar-refractivity contribution is 0.591. The maximum Gasteiger partial charge on any atom is 0.178 e. The van der Waals surface area contributed by atoms with Gasteiger partial charge in [-0.3, -0.25) is 0 Å². The molecule has 1 aromatic carbocycles. The molecule has 0 fully saturated rings. The Hall–Kier alpha value is -0.870. The first-order valence-corrected chi connectivity index (χ1v) is 8.07. The van der Waals surface area contributed by atoms with E-state index in [-0.39, 0.29) is 5.75 Å². The van der Waals surface area contributed by atoms with Crippen molar-refractivity contribution >= 4 is 9.84 Å². The fourth-order valence-corrected chi connectivity index (χ4v) is 3.17. The van der Waals surface area contributed by atoms with Gasteiger partial charge in [-0.15, -0.1) is 0 Å². The lowest BCUT2D eigenvalue weighted by Crippen LogP contribution is -2.14. The van der Waals surface area contributed by atoms with Gasteiger partial charge in [-0.1, -0.05) is 26.0 Å². The van der Waals surface area contributed by atoms with Gasteiger partial charge in [0.25, 0.3) is 0 Å². The molecule has 4 heteroatoms. The fourth-order valence-electron chi connectivity index (χ4n) is 1.86. The smallest absolute Gasteiger partial charge is 0.178 e. The molecule has 0 unspecified atom stereocenters. The predicted molar refractivity (Wildman–Crippen MR) is 75.6 cm³/mol. The minimum atomic E-state index is -3.12. The first kappa shape index (κ1) is 15.2. The quantitative estimate of drug-likeness (QED) is 0.772. The van der Waals surface area contributed by atoms with Crippen molar-refractivity contribution < 1.29 is 8.42 Å². The van der Waals surface area contributed by atoms with Crippen LogP contribution in [0.4, 0.5) is 0 Å². The van der Waals surface area contributed by atoms with Crippen molar-refractivity contribution in [2.75, 3.05) is 19.3 Å². The molecule has 0 amide bonds. The summed E-state index contributed by atoms with van der Waals surface area (Å²) < 4.78 is 24.0. The molecule has 0 atom stereocenters. The van der Waals surface area contributed by atoms with E-state index >= 15 is 0 Å². The molecule has 0 bridgehead atoms. The molecule has 3 nitrogen and oxygen atoms in total. The molecular weight excluding hydrogens is 246 g/mol. The van der Waals surface area contributed by atoms with Crippen LogP contribution in [0.5, 0.6) is 0 Å². The molecule has 102 valence electrons. The molecule has 1 N–H and O–H groups in total. The zero-order valence-corrected chi connectivity index (χ0v) is 12.3. The molecule has 0 radical (unpaired) electrons. The molecule has 0 heterocycles. The topological polar surface area (TPSA) is 46.2 Å². The van der Waals surface area contributed by atoms with Gasteiger partial charge in [-0.2, -0.15) is 0 Å². The van der Waals surface area contributed by atoms with Crippen molar-refractivity contribution in [3.8, 4) is 0 Å². The average molecular weight is 269 g/mol. The monoisotopic (exact) mass is 269 g/mol. The maximum atomic E-state index is 12.0. The summed E-state index contributed by atoms with van der Waals surface area (Å²) in [6.45, 7) is 5.04. The molecule has 0 aromatic heterocycles. The van der Waals surface area contributed by atoms with Crippen LogP contribution >= 0.6 is 0 Å². The first-order chi connectivity index (χ1) is 8.45. The van der Waals surface area contributed by atoms with Crippen molar-refractivity contribution in [3.05, 3.63) is 29.8 Å². The van der Waals surface area contributed by atoms with E-state index in [4.69, 9.17) is 0 Å². The van der Waals surface area contributed by atoms with Gasteiger partial charge in [0.2, 0.25) is 0 Å². The van der Waals surface area contributed by atoms with E-state index in [2.05, 4.69) is 19.2 Å². The summed E-state index contributed by atoms with van der Waals surface area (Å²) in [5.74, 6) is 0.792. The van der Waals surface area contributed by atoms with Crippen molar-refractivity contribution in [3.63, 3.8) is 0 Å². The summed E-state index contributed by atoms with van der Waals surface area (Å²) in [6, 6.07) is 7.30. The summed E-state index contributed by atoms with van der Waals surface area (Å²) in [7, 11) is -1.29. The number of nitrogens with one attached hydrogen (secondary N) is 1. The van der Waals surface area contributed by atoms with Crippen LogP contribution in [0, 0.1) is 5.92 Å². The Bertz CT molecular complexity index is 449. The van der Waals surface area contributed by atoms with Crippen LogP contribution < -0.4 is 5.32 Å². The lowest BCUT2D eigenvalue weighted by Gasteiger charge is -2.07. The minimum Gasteiger partial charge on any atom is -0.320 e. The Morgan fingerprint density at radius 3 is 2.28 bits per heavy atom. The molecular formula is C14H23NO2S. The van der Waals surface area contributed by atoms with Crippen LogP contribution in [0.2, 0.25) is 0 Å². The van der Waals surface area contributed by atoms with Gasteiger partial charge < -0.3 is 5.32 Å². The third kappa shape index (κ3) is 4.78. The number of sulfone groups is 1. The van der Waals surface area contributed by atoms with Gasteiger partial charge in [0.15, 0.2) is 9.84 Å². The summed E-state index contributed by atoms with van der Waals surface area (Å²) >= 11 is 0. The molecule has 0 saturated carbocycles. The van der Waals surface area contributed by atoms with Crippen molar-refractivity contribution in [2.24, 2.45) is 5.92 Å². The van der Waals surface area contributed by atoms with E-state index in [0.717, 1.165) is 13.0 Å². The highest BCUT2D eigenvalue weighted by Crippen LogP contribution is 2.15. The lowest BCUT2D eigenvalue weighted by atomic mass is 10.0. The van der Waals surface area contributed by atoms with Crippen LogP contribution in [0.15, 0.2) is 29.2 Å². The van der Waals surface area contributed by atoms with E-state index in [1.54, 1.807) is 12.1 Å². The second kappa shape index (κ2) is 6.90. The van der Waals surface area contributed by atoms with Crippen molar-refractivity contribution in [1.82, 2.24) is 5.32 Å². The summed E-state index contributed by atoms with van der Waals surface area (Å²) in [5, 5.41) is 2.96.